The lowest BCUT2D eigenvalue weighted by Gasteiger charge is -2.11. The molecule has 0 aromatic heterocycles. The number of aromatic carboxylic acids is 1. The van der Waals surface area contributed by atoms with Crippen LogP contribution in [0.2, 0.25) is 0 Å². The predicted octanol–water partition coefficient (Wildman–Crippen LogP) is 4.45. The number of para-hydroxylation sites is 1. The molecule has 2 amide bonds. The number of hydrogen-bond donors (Lipinski definition) is 3. The van der Waals surface area contributed by atoms with Gasteiger partial charge in [-0.25, -0.2) is 4.79 Å². The highest BCUT2D eigenvalue weighted by Crippen LogP contribution is 2.18. The molecule has 0 aliphatic carbocycles. The quantitative estimate of drug-likeness (QED) is 0.581. The Morgan fingerprint density at radius 3 is 2.03 bits per heavy atom. The van der Waals surface area contributed by atoms with Crippen molar-refractivity contribution >= 4 is 29.2 Å². The van der Waals surface area contributed by atoms with Crippen LogP contribution in [-0.4, -0.2) is 22.9 Å². The highest BCUT2D eigenvalue weighted by atomic mass is 16.4. The molecule has 3 aromatic carbocycles. The summed E-state index contributed by atoms with van der Waals surface area (Å²) in [6.07, 6.45) is 0.805. The summed E-state index contributed by atoms with van der Waals surface area (Å²) >= 11 is 0. The number of hydrogen-bond acceptors (Lipinski definition) is 3. The van der Waals surface area contributed by atoms with Crippen LogP contribution in [-0.2, 0) is 6.42 Å². The van der Waals surface area contributed by atoms with Gasteiger partial charge in [0.15, 0.2) is 0 Å². The summed E-state index contributed by atoms with van der Waals surface area (Å²) < 4.78 is 0. The highest BCUT2D eigenvalue weighted by Gasteiger charge is 2.16. The Kier molecular flexibility index (Phi) is 6.04. The predicted molar refractivity (Wildman–Crippen MR) is 112 cm³/mol. The van der Waals surface area contributed by atoms with E-state index in [-0.39, 0.29) is 17.0 Å². The van der Waals surface area contributed by atoms with Crippen LogP contribution < -0.4 is 10.6 Å². The van der Waals surface area contributed by atoms with Crippen molar-refractivity contribution in [3.8, 4) is 0 Å². The van der Waals surface area contributed by atoms with E-state index in [1.54, 1.807) is 36.4 Å². The molecule has 29 heavy (non-hydrogen) atoms. The number of carboxylic acid groups (broad SMARTS) is 1. The fourth-order valence-electron chi connectivity index (χ4n) is 2.92. The smallest absolute Gasteiger partial charge is 0.336 e. The maximum Gasteiger partial charge on any atom is 0.336 e. The van der Waals surface area contributed by atoms with Crippen molar-refractivity contribution < 1.29 is 19.5 Å². The van der Waals surface area contributed by atoms with E-state index in [0.717, 1.165) is 17.7 Å². The highest BCUT2D eigenvalue weighted by molar-refractivity contribution is 6.11. The Bertz CT molecular complexity index is 1060. The largest absolute Gasteiger partial charge is 0.478 e. The Labute approximate surface area is 168 Å². The van der Waals surface area contributed by atoms with Gasteiger partial charge in [0, 0.05) is 16.9 Å². The number of aryl methyl sites for hydroxylation is 1. The van der Waals surface area contributed by atoms with E-state index in [0.29, 0.717) is 11.3 Å². The molecule has 0 saturated heterocycles. The first kappa shape index (κ1) is 19.8. The second kappa shape index (κ2) is 8.84. The molecule has 0 heterocycles. The van der Waals surface area contributed by atoms with Gasteiger partial charge in [0.25, 0.3) is 11.8 Å². The minimum absolute atomic E-state index is 0.0676. The number of nitrogens with one attached hydrogen (secondary N) is 2. The Hall–Kier alpha value is -3.93. The van der Waals surface area contributed by atoms with Gasteiger partial charge in [-0.05, 0) is 54.4 Å². The third-order valence-corrected chi connectivity index (χ3v) is 4.45. The van der Waals surface area contributed by atoms with Crippen LogP contribution in [0.25, 0.3) is 0 Å². The molecule has 6 heteroatoms. The van der Waals surface area contributed by atoms with E-state index in [4.69, 9.17) is 0 Å². The average Bonchev–Trinajstić information content (AvgIpc) is 2.74. The van der Waals surface area contributed by atoms with Gasteiger partial charge in [-0.2, -0.15) is 0 Å². The van der Waals surface area contributed by atoms with E-state index in [2.05, 4.69) is 10.6 Å². The zero-order valence-corrected chi connectivity index (χ0v) is 15.8. The summed E-state index contributed by atoms with van der Waals surface area (Å²) in [5, 5.41) is 14.8. The molecule has 3 N–H and O–H groups in total. The number of carbonyl (C=O) groups is 3. The van der Waals surface area contributed by atoms with Gasteiger partial charge in [0.05, 0.1) is 11.1 Å². The lowest BCUT2D eigenvalue weighted by molar-refractivity contribution is 0.0692. The molecule has 0 spiro atoms. The topological polar surface area (TPSA) is 95.5 Å². The minimum Gasteiger partial charge on any atom is -0.478 e. The van der Waals surface area contributed by atoms with Crippen molar-refractivity contribution in [2.24, 2.45) is 0 Å². The third-order valence-electron chi connectivity index (χ3n) is 4.45. The Morgan fingerprint density at radius 2 is 1.38 bits per heavy atom. The van der Waals surface area contributed by atoms with Crippen molar-refractivity contribution in [3.63, 3.8) is 0 Å². The second-order valence-corrected chi connectivity index (χ2v) is 6.35. The van der Waals surface area contributed by atoms with Gasteiger partial charge in [0.1, 0.15) is 0 Å². The van der Waals surface area contributed by atoms with Crippen LogP contribution in [0.1, 0.15) is 43.6 Å². The maximum atomic E-state index is 12.5. The summed E-state index contributed by atoms with van der Waals surface area (Å²) in [5.74, 6) is -1.95. The Morgan fingerprint density at radius 1 is 0.759 bits per heavy atom. The molecule has 0 aliphatic rings. The van der Waals surface area contributed by atoms with Gasteiger partial charge in [-0.3, -0.25) is 9.59 Å². The second-order valence-electron chi connectivity index (χ2n) is 6.35. The monoisotopic (exact) mass is 388 g/mol. The number of carboxylic acids is 1. The van der Waals surface area contributed by atoms with Crippen LogP contribution in [0, 0.1) is 0 Å². The molecule has 0 bridgehead atoms. The lowest BCUT2D eigenvalue weighted by Crippen LogP contribution is -2.17. The van der Waals surface area contributed by atoms with Crippen LogP contribution in [0.3, 0.4) is 0 Å². The number of rotatable bonds is 6. The zero-order chi connectivity index (χ0) is 20.8. The SMILES string of the molecule is CCc1ccccc1NC(=O)c1ccc(NC(=O)c2ccccc2C(=O)O)cc1. The van der Waals surface area contributed by atoms with E-state index in [9.17, 15) is 19.5 Å². The maximum absolute atomic E-state index is 12.5. The summed E-state index contributed by atoms with van der Waals surface area (Å²) in [4.78, 5) is 36.2. The first-order valence-electron chi connectivity index (χ1n) is 9.12. The van der Waals surface area contributed by atoms with Crippen molar-refractivity contribution in [1.29, 1.82) is 0 Å². The van der Waals surface area contributed by atoms with E-state index >= 15 is 0 Å². The number of amides is 2. The lowest BCUT2D eigenvalue weighted by atomic mass is 10.1. The molecule has 3 rings (SSSR count). The van der Waals surface area contributed by atoms with Gasteiger partial charge < -0.3 is 15.7 Å². The fourth-order valence-corrected chi connectivity index (χ4v) is 2.92. The average molecular weight is 388 g/mol. The number of anilines is 2. The molecule has 6 nitrogen and oxygen atoms in total. The molecule has 0 radical (unpaired) electrons. The molecule has 3 aromatic rings. The van der Waals surface area contributed by atoms with E-state index < -0.39 is 11.9 Å². The van der Waals surface area contributed by atoms with Gasteiger partial charge >= 0.3 is 5.97 Å². The zero-order valence-electron chi connectivity index (χ0n) is 15.8. The van der Waals surface area contributed by atoms with Crippen molar-refractivity contribution in [3.05, 3.63) is 95.1 Å². The van der Waals surface area contributed by atoms with Crippen molar-refractivity contribution in [2.45, 2.75) is 13.3 Å². The molecule has 146 valence electrons. The summed E-state index contributed by atoms with van der Waals surface area (Å²) in [6, 6.07) is 20.0. The van der Waals surface area contributed by atoms with Gasteiger partial charge in [-0.15, -0.1) is 0 Å². The first-order valence-corrected chi connectivity index (χ1v) is 9.12. The summed E-state index contributed by atoms with van der Waals surface area (Å²) in [5.41, 5.74) is 2.71. The molecule has 0 aliphatic heterocycles. The van der Waals surface area contributed by atoms with E-state index in [1.807, 2.05) is 31.2 Å². The number of benzene rings is 3. The van der Waals surface area contributed by atoms with Crippen LogP contribution in [0.5, 0.6) is 0 Å². The molecule has 0 atom stereocenters. The third kappa shape index (κ3) is 4.68. The minimum atomic E-state index is -1.17. The molecule has 0 unspecified atom stereocenters. The molecular weight excluding hydrogens is 368 g/mol. The standard InChI is InChI=1S/C23H20N2O4/c1-2-15-7-3-6-10-20(15)25-21(26)16-11-13-17(14-12-16)24-22(27)18-8-4-5-9-19(18)23(28)29/h3-14H,2H2,1H3,(H,24,27)(H,25,26)(H,28,29). The first-order chi connectivity index (χ1) is 14.0. The molecular formula is C23H20N2O4. The van der Waals surface area contributed by atoms with Crippen LogP contribution in [0.15, 0.2) is 72.8 Å². The Balaban J connectivity index is 1.71. The van der Waals surface area contributed by atoms with Gasteiger partial charge in [0.2, 0.25) is 0 Å². The van der Waals surface area contributed by atoms with Crippen LogP contribution >= 0.6 is 0 Å². The summed E-state index contributed by atoms with van der Waals surface area (Å²) in [7, 11) is 0. The number of carbonyl (C=O) groups excluding carboxylic acids is 2. The van der Waals surface area contributed by atoms with Crippen LogP contribution in [0.4, 0.5) is 11.4 Å². The molecule has 0 saturated carbocycles. The normalized spacial score (nSPS) is 10.2. The molecule has 0 fully saturated rings. The van der Waals surface area contributed by atoms with Gasteiger partial charge in [-0.1, -0.05) is 37.3 Å². The fraction of sp³-hybridized carbons (Fsp3) is 0.0870. The van der Waals surface area contributed by atoms with Crippen molar-refractivity contribution in [1.82, 2.24) is 0 Å². The summed E-state index contributed by atoms with van der Waals surface area (Å²) in [6.45, 7) is 2.02. The van der Waals surface area contributed by atoms with E-state index in [1.165, 1.54) is 12.1 Å². The van der Waals surface area contributed by atoms with Crippen molar-refractivity contribution in [2.75, 3.05) is 10.6 Å².